The molecule has 0 bridgehead atoms. The van der Waals surface area contributed by atoms with E-state index < -0.39 is 11.9 Å². The highest BCUT2D eigenvalue weighted by molar-refractivity contribution is 6.00. The molecule has 2 heterocycles. The van der Waals surface area contributed by atoms with E-state index in [1.165, 1.54) is 4.68 Å². The maximum absolute atomic E-state index is 13.3. The number of hydrogen-bond donors (Lipinski definition) is 3. The zero-order valence-corrected chi connectivity index (χ0v) is 20.2. The van der Waals surface area contributed by atoms with Gasteiger partial charge in [-0.3, -0.25) is 19.7 Å². The summed E-state index contributed by atoms with van der Waals surface area (Å²) in [5.41, 5.74) is 6.36. The van der Waals surface area contributed by atoms with Crippen LogP contribution in [0.1, 0.15) is 37.4 Å². The average Bonchev–Trinajstić information content (AvgIpc) is 2.84. The molecule has 2 amide bonds. The third kappa shape index (κ3) is 7.56. The SMILES string of the molecule is Cc1nn(C2CCC(=O)NC2=O)c(=O)c2c(NCCCOCCOCCOCCCN)cccc12. The lowest BCUT2D eigenvalue weighted by Gasteiger charge is -2.23. The second-order valence-electron chi connectivity index (χ2n) is 8.29. The monoisotopic (exact) mass is 489 g/mol. The van der Waals surface area contributed by atoms with E-state index >= 15 is 0 Å². The van der Waals surface area contributed by atoms with Crippen molar-refractivity contribution in [1.82, 2.24) is 15.1 Å². The quantitative estimate of drug-likeness (QED) is 0.245. The molecule has 0 saturated carbocycles. The first-order valence-corrected chi connectivity index (χ1v) is 12.1. The van der Waals surface area contributed by atoms with Crippen molar-refractivity contribution in [3.63, 3.8) is 0 Å². The number of piperidine rings is 1. The van der Waals surface area contributed by atoms with Gasteiger partial charge >= 0.3 is 0 Å². The van der Waals surface area contributed by atoms with E-state index in [-0.39, 0.29) is 24.3 Å². The van der Waals surface area contributed by atoms with Crippen LogP contribution in [0.5, 0.6) is 0 Å². The molecule has 192 valence electrons. The number of nitrogens with two attached hydrogens (primary N) is 1. The first kappa shape index (κ1) is 26.7. The summed E-state index contributed by atoms with van der Waals surface area (Å²) < 4.78 is 17.6. The fourth-order valence-corrected chi connectivity index (χ4v) is 3.86. The largest absolute Gasteiger partial charge is 0.384 e. The van der Waals surface area contributed by atoms with E-state index in [9.17, 15) is 14.4 Å². The van der Waals surface area contributed by atoms with Crippen molar-refractivity contribution in [2.45, 2.75) is 38.6 Å². The molecule has 0 aliphatic carbocycles. The molecular formula is C24H35N5O6. The molecule has 0 spiro atoms. The molecule has 1 aliphatic rings. The number of nitrogens with zero attached hydrogens (tertiary/aromatic N) is 2. The zero-order chi connectivity index (χ0) is 25.0. The lowest BCUT2D eigenvalue weighted by molar-refractivity contribution is -0.136. The standard InChI is InChI=1S/C24H35N5O6/c1-17-18-5-2-6-19(26-10-4-12-34-14-16-35-15-13-33-11-3-9-25)22(18)24(32)29(28-17)20-7-8-21(30)27-23(20)31/h2,5-6,20,26H,3-4,7-16,25H2,1H3,(H,27,30,31). The molecule has 1 saturated heterocycles. The molecule has 3 rings (SSSR count). The Morgan fingerprint density at radius 1 is 1.06 bits per heavy atom. The van der Waals surface area contributed by atoms with Crippen molar-refractivity contribution < 1.29 is 23.8 Å². The molecule has 1 aromatic carbocycles. The van der Waals surface area contributed by atoms with Crippen LogP contribution < -0.4 is 21.9 Å². The van der Waals surface area contributed by atoms with Gasteiger partial charge < -0.3 is 25.3 Å². The van der Waals surface area contributed by atoms with Gasteiger partial charge in [0.1, 0.15) is 6.04 Å². The molecule has 11 heteroatoms. The molecule has 1 atom stereocenters. The number of aromatic nitrogens is 2. The molecular weight excluding hydrogens is 454 g/mol. The van der Waals surface area contributed by atoms with Gasteiger partial charge in [-0.2, -0.15) is 5.10 Å². The molecule has 1 aromatic heterocycles. The summed E-state index contributed by atoms with van der Waals surface area (Å²) in [7, 11) is 0. The Balaban J connectivity index is 1.49. The maximum atomic E-state index is 13.3. The highest BCUT2D eigenvalue weighted by Gasteiger charge is 2.30. The third-order valence-corrected chi connectivity index (χ3v) is 5.66. The molecule has 4 N–H and O–H groups in total. The first-order valence-electron chi connectivity index (χ1n) is 12.1. The van der Waals surface area contributed by atoms with Gasteiger partial charge in [0.2, 0.25) is 5.91 Å². The van der Waals surface area contributed by atoms with Crippen LogP contribution in [0.3, 0.4) is 0 Å². The van der Waals surface area contributed by atoms with Crippen molar-refractivity contribution in [1.29, 1.82) is 0 Å². The first-order chi connectivity index (χ1) is 17.0. The predicted molar refractivity (Wildman–Crippen MR) is 131 cm³/mol. The molecule has 35 heavy (non-hydrogen) atoms. The van der Waals surface area contributed by atoms with Gasteiger partial charge in [-0.25, -0.2) is 4.68 Å². The van der Waals surface area contributed by atoms with E-state index in [4.69, 9.17) is 19.9 Å². The second-order valence-corrected chi connectivity index (χ2v) is 8.29. The predicted octanol–water partition coefficient (Wildman–Crippen LogP) is 0.883. The average molecular weight is 490 g/mol. The maximum Gasteiger partial charge on any atom is 0.277 e. The highest BCUT2D eigenvalue weighted by atomic mass is 16.5. The van der Waals surface area contributed by atoms with E-state index in [2.05, 4.69) is 15.7 Å². The number of rotatable bonds is 15. The number of carbonyl (C=O) groups is 2. The normalized spacial score (nSPS) is 16.0. The molecule has 1 fully saturated rings. The Morgan fingerprint density at radius 2 is 1.74 bits per heavy atom. The van der Waals surface area contributed by atoms with E-state index in [1.807, 2.05) is 18.2 Å². The van der Waals surface area contributed by atoms with Crippen LogP contribution in [0.15, 0.2) is 23.0 Å². The number of amides is 2. The fraction of sp³-hybridized carbons (Fsp3) is 0.583. The number of anilines is 1. The van der Waals surface area contributed by atoms with Crippen molar-refractivity contribution in [2.24, 2.45) is 5.73 Å². The summed E-state index contributed by atoms with van der Waals surface area (Å²) in [6.45, 7) is 6.32. The number of nitrogens with one attached hydrogen (secondary N) is 2. The van der Waals surface area contributed by atoms with E-state index in [0.29, 0.717) is 69.5 Å². The van der Waals surface area contributed by atoms with Gasteiger partial charge in [-0.1, -0.05) is 12.1 Å². The van der Waals surface area contributed by atoms with Gasteiger partial charge in [0, 0.05) is 37.3 Å². The summed E-state index contributed by atoms with van der Waals surface area (Å²) in [6.07, 6.45) is 2.02. The zero-order valence-electron chi connectivity index (χ0n) is 20.2. The fourth-order valence-electron chi connectivity index (χ4n) is 3.86. The van der Waals surface area contributed by atoms with Crippen LogP contribution >= 0.6 is 0 Å². The Morgan fingerprint density at radius 3 is 2.43 bits per heavy atom. The lowest BCUT2D eigenvalue weighted by atomic mass is 10.1. The van der Waals surface area contributed by atoms with Crippen molar-refractivity contribution in [3.8, 4) is 0 Å². The van der Waals surface area contributed by atoms with Gasteiger partial charge in [0.05, 0.1) is 37.5 Å². The smallest absolute Gasteiger partial charge is 0.277 e. The Bertz CT molecular complexity index is 1060. The minimum atomic E-state index is -0.801. The van der Waals surface area contributed by atoms with Gasteiger partial charge in [-0.05, 0) is 38.8 Å². The van der Waals surface area contributed by atoms with Crippen LogP contribution in [0.25, 0.3) is 10.8 Å². The summed E-state index contributed by atoms with van der Waals surface area (Å²) in [4.78, 5) is 37.1. The van der Waals surface area contributed by atoms with Crippen molar-refractivity contribution in [2.75, 3.05) is 58.0 Å². The Labute approximate surface area is 204 Å². The van der Waals surface area contributed by atoms with Crippen LogP contribution in [-0.2, 0) is 23.8 Å². The van der Waals surface area contributed by atoms with E-state index in [1.54, 1.807) is 6.92 Å². The topological polar surface area (TPSA) is 147 Å². The Hall–Kier alpha value is -2.86. The minimum absolute atomic E-state index is 0.176. The lowest BCUT2D eigenvalue weighted by Crippen LogP contribution is -2.45. The van der Waals surface area contributed by atoms with Crippen LogP contribution in [-0.4, -0.2) is 74.3 Å². The van der Waals surface area contributed by atoms with Crippen LogP contribution in [0, 0.1) is 6.92 Å². The highest BCUT2D eigenvalue weighted by Crippen LogP contribution is 2.24. The number of aryl methyl sites for hydroxylation is 1. The number of carbonyl (C=O) groups excluding carboxylic acids is 2. The number of imide groups is 1. The molecule has 11 nitrogen and oxygen atoms in total. The van der Waals surface area contributed by atoms with Gasteiger partial charge in [-0.15, -0.1) is 0 Å². The van der Waals surface area contributed by atoms with E-state index in [0.717, 1.165) is 18.2 Å². The third-order valence-electron chi connectivity index (χ3n) is 5.66. The number of ether oxygens (including phenoxy) is 3. The molecule has 2 aromatic rings. The number of fused-ring (bicyclic) bond motifs is 1. The number of benzene rings is 1. The summed E-state index contributed by atoms with van der Waals surface area (Å²) >= 11 is 0. The van der Waals surface area contributed by atoms with Crippen molar-refractivity contribution in [3.05, 3.63) is 34.2 Å². The summed E-state index contributed by atoms with van der Waals surface area (Å²) in [6, 6.07) is 4.74. The molecule has 1 unspecified atom stereocenters. The van der Waals surface area contributed by atoms with Crippen LogP contribution in [0.2, 0.25) is 0 Å². The summed E-state index contributed by atoms with van der Waals surface area (Å²) in [5, 5.41) is 11.2. The summed E-state index contributed by atoms with van der Waals surface area (Å²) in [5.74, 6) is -0.833. The molecule has 0 radical (unpaired) electrons. The molecule has 1 aliphatic heterocycles. The number of hydrogen-bond acceptors (Lipinski definition) is 9. The van der Waals surface area contributed by atoms with Gasteiger partial charge in [0.15, 0.2) is 0 Å². The van der Waals surface area contributed by atoms with Gasteiger partial charge in [0.25, 0.3) is 11.5 Å². The minimum Gasteiger partial charge on any atom is -0.384 e. The second kappa shape index (κ2) is 13.9. The Kier molecular flexibility index (Phi) is 10.6. The van der Waals surface area contributed by atoms with Crippen molar-refractivity contribution >= 4 is 28.3 Å². The van der Waals surface area contributed by atoms with Crippen LogP contribution in [0.4, 0.5) is 5.69 Å².